The second-order valence-electron chi connectivity index (χ2n) is 5.80. The standard InChI is InChI=1S/C21H21N3O3/c1-3-23-20(25)14-27-19-9-7-16(8-10-19)12-17(13-22)21(26)24-18-6-4-5-15(2)11-18/h4-12H,3,14H2,1-2H3,(H,23,25)(H,24,26)/b17-12-. The Morgan fingerprint density at radius 3 is 2.56 bits per heavy atom. The van der Waals surface area contributed by atoms with Crippen LogP contribution in [0.5, 0.6) is 5.75 Å². The van der Waals surface area contributed by atoms with E-state index >= 15 is 0 Å². The summed E-state index contributed by atoms with van der Waals surface area (Å²) in [6, 6.07) is 16.1. The number of ether oxygens (including phenoxy) is 1. The molecule has 0 saturated heterocycles. The normalized spacial score (nSPS) is 10.6. The van der Waals surface area contributed by atoms with Gasteiger partial charge in [0.2, 0.25) is 0 Å². The molecule has 138 valence electrons. The number of nitriles is 1. The van der Waals surface area contributed by atoms with Crippen molar-refractivity contribution in [3.63, 3.8) is 0 Å². The number of benzene rings is 2. The van der Waals surface area contributed by atoms with Crippen LogP contribution >= 0.6 is 0 Å². The lowest BCUT2D eigenvalue weighted by molar-refractivity contribution is -0.123. The highest BCUT2D eigenvalue weighted by Crippen LogP contribution is 2.16. The van der Waals surface area contributed by atoms with Gasteiger partial charge in [-0.2, -0.15) is 5.26 Å². The molecular formula is C21H21N3O3. The van der Waals surface area contributed by atoms with Crippen molar-refractivity contribution in [3.8, 4) is 11.8 Å². The minimum absolute atomic E-state index is 0.00695. The third-order valence-corrected chi connectivity index (χ3v) is 3.58. The Labute approximate surface area is 158 Å². The average molecular weight is 363 g/mol. The Morgan fingerprint density at radius 2 is 1.93 bits per heavy atom. The number of anilines is 1. The molecule has 6 nitrogen and oxygen atoms in total. The fourth-order valence-electron chi connectivity index (χ4n) is 2.29. The van der Waals surface area contributed by atoms with Gasteiger partial charge in [-0.15, -0.1) is 0 Å². The number of likely N-dealkylation sites (N-methyl/N-ethyl adjacent to an activating group) is 1. The number of aryl methyl sites for hydroxylation is 1. The van der Waals surface area contributed by atoms with Crippen molar-refractivity contribution < 1.29 is 14.3 Å². The first-order chi connectivity index (χ1) is 13.0. The van der Waals surface area contributed by atoms with Crippen LogP contribution in [0.2, 0.25) is 0 Å². The molecule has 0 radical (unpaired) electrons. The van der Waals surface area contributed by atoms with Gasteiger partial charge in [0.15, 0.2) is 6.61 Å². The van der Waals surface area contributed by atoms with E-state index in [4.69, 9.17) is 4.74 Å². The van der Waals surface area contributed by atoms with E-state index in [0.29, 0.717) is 23.5 Å². The molecule has 0 heterocycles. The van der Waals surface area contributed by atoms with Gasteiger partial charge < -0.3 is 15.4 Å². The molecule has 0 fully saturated rings. The van der Waals surface area contributed by atoms with Gasteiger partial charge in [0, 0.05) is 12.2 Å². The van der Waals surface area contributed by atoms with Gasteiger partial charge in [0.25, 0.3) is 11.8 Å². The third-order valence-electron chi connectivity index (χ3n) is 3.58. The summed E-state index contributed by atoms with van der Waals surface area (Å²) in [6.45, 7) is 4.24. The summed E-state index contributed by atoms with van der Waals surface area (Å²) in [5.41, 5.74) is 2.32. The number of carbonyl (C=O) groups is 2. The molecule has 0 saturated carbocycles. The maximum absolute atomic E-state index is 12.3. The predicted octanol–water partition coefficient (Wildman–Crippen LogP) is 3.06. The molecule has 2 amide bonds. The third kappa shape index (κ3) is 6.33. The first-order valence-electron chi connectivity index (χ1n) is 8.51. The van der Waals surface area contributed by atoms with Crippen LogP contribution in [-0.2, 0) is 9.59 Å². The van der Waals surface area contributed by atoms with Crippen molar-refractivity contribution in [2.75, 3.05) is 18.5 Å². The van der Waals surface area contributed by atoms with E-state index in [-0.39, 0.29) is 18.1 Å². The topological polar surface area (TPSA) is 91.2 Å². The number of hydrogen-bond acceptors (Lipinski definition) is 4. The van der Waals surface area contributed by atoms with Gasteiger partial charge >= 0.3 is 0 Å². The lowest BCUT2D eigenvalue weighted by Gasteiger charge is -2.07. The van der Waals surface area contributed by atoms with E-state index in [9.17, 15) is 14.9 Å². The molecule has 2 aromatic rings. The molecule has 0 spiro atoms. The Hall–Kier alpha value is -3.59. The zero-order valence-corrected chi connectivity index (χ0v) is 15.3. The second kappa shape index (κ2) is 9.78. The van der Waals surface area contributed by atoms with Crippen LogP contribution in [-0.4, -0.2) is 25.0 Å². The summed E-state index contributed by atoms with van der Waals surface area (Å²) in [6.07, 6.45) is 1.50. The molecular weight excluding hydrogens is 342 g/mol. The summed E-state index contributed by atoms with van der Waals surface area (Å²) < 4.78 is 5.37. The molecule has 0 aliphatic carbocycles. The largest absolute Gasteiger partial charge is 0.484 e. The van der Waals surface area contributed by atoms with E-state index in [0.717, 1.165) is 5.56 Å². The molecule has 0 unspecified atom stereocenters. The fraction of sp³-hybridized carbons (Fsp3) is 0.190. The number of hydrogen-bond donors (Lipinski definition) is 2. The molecule has 0 aliphatic heterocycles. The maximum atomic E-state index is 12.3. The van der Waals surface area contributed by atoms with E-state index in [2.05, 4.69) is 10.6 Å². The lowest BCUT2D eigenvalue weighted by atomic mass is 10.1. The number of nitrogens with zero attached hydrogens (tertiary/aromatic N) is 1. The van der Waals surface area contributed by atoms with E-state index in [1.165, 1.54) is 6.08 Å². The number of nitrogens with one attached hydrogen (secondary N) is 2. The maximum Gasteiger partial charge on any atom is 0.266 e. The second-order valence-corrected chi connectivity index (χ2v) is 5.80. The van der Waals surface area contributed by atoms with Crippen molar-refractivity contribution in [1.82, 2.24) is 5.32 Å². The Balaban J connectivity index is 2.03. The Kier molecular flexibility index (Phi) is 7.15. The monoisotopic (exact) mass is 363 g/mol. The summed E-state index contributed by atoms with van der Waals surface area (Å²) >= 11 is 0. The first-order valence-corrected chi connectivity index (χ1v) is 8.51. The highest BCUT2D eigenvalue weighted by atomic mass is 16.5. The van der Waals surface area contributed by atoms with Gasteiger partial charge in [-0.25, -0.2) is 0 Å². The van der Waals surface area contributed by atoms with Gasteiger partial charge in [-0.1, -0.05) is 24.3 Å². The average Bonchev–Trinajstić information content (AvgIpc) is 2.65. The molecule has 27 heavy (non-hydrogen) atoms. The van der Waals surface area contributed by atoms with Gasteiger partial charge in [0.1, 0.15) is 17.4 Å². The zero-order valence-electron chi connectivity index (χ0n) is 15.3. The van der Waals surface area contributed by atoms with Crippen LogP contribution in [0.15, 0.2) is 54.1 Å². The van der Waals surface area contributed by atoms with Gasteiger partial charge in [-0.3, -0.25) is 9.59 Å². The first kappa shape index (κ1) is 19.7. The summed E-state index contributed by atoms with van der Waals surface area (Å²) in [5, 5.41) is 14.6. The number of amides is 2. The van der Waals surface area contributed by atoms with Crippen LogP contribution in [0.25, 0.3) is 6.08 Å². The van der Waals surface area contributed by atoms with Gasteiger partial charge in [0.05, 0.1) is 0 Å². The van der Waals surface area contributed by atoms with Gasteiger partial charge in [-0.05, 0) is 55.3 Å². The molecule has 0 bridgehead atoms. The predicted molar refractivity (Wildman–Crippen MR) is 104 cm³/mol. The molecule has 0 aliphatic rings. The number of rotatable bonds is 7. The number of carbonyl (C=O) groups excluding carboxylic acids is 2. The van der Waals surface area contributed by atoms with Crippen molar-refractivity contribution in [1.29, 1.82) is 5.26 Å². The minimum Gasteiger partial charge on any atom is -0.484 e. The molecule has 0 aromatic heterocycles. The minimum atomic E-state index is -0.473. The summed E-state index contributed by atoms with van der Waals surface area (Å²) in [5.74, 6) is -0.137. The van der Waals surface area contributed by atoms with Crippen LogP contribution in [0.1, 0.15) is 18.1 Å². The Morgan fingerprint density at radius 1 is 1.19 bits per heavy atom. The molecule has 6 heteroatoms. The SMILES string of the molecule is CCNC(=O)COc1ccc(/C=C(/C#N)C(=O)Nc2cccc(C)c2)cc1. The quantitative estimate of drug-likeness (QED) is 0.584. The highest BCUT2D eigenvalue weighted by molar-refractivity contribution is 6.09. The fourth-order valence-corrected chi connectivity index (χ4v) is 2.29. The van der Waals surface area contributed by atoms with E-state index in [1.807, 2.05) is 38.1 Å². The van der Waals surface area contributed by atoms with Crippen LogP contribution in [0.4, 0.5) is 5.69 Å². The van der Waals surface area contributed by atoms with E-state index < -0.39 is 5.91 Å². The summed E-state index contributed by atoms with van der Waals surface area (Å²) in [4.78, 5) is 23.7. The summed E-state index contributed by atoms with van der Waals surface area (Å²) in [7, 11) is 0. The van der Waals surface area contributed by atoms with Crippen LogP contribution < -0.4 is 15.4 Å². The zero-order chi connectivity index (χ0) is 19.6. The van der Waals surface area contributed by atoms with Crippen molar-refractivity contribution in [3.05, 3.63) is 65.2 Å². The van der Waals surface area contributed by atoms with Crippen LogP contribution in [0, 0.1) is 18.3 Å². The highest BCUT2D eigenvalue weighted by Gasteiger charge is 2.10. The molecule has 0 atom stereocenters. The van der Waals surface area contributed by atoms with Crippen LogP contribution in [0.3, 0.4) is 0 Å². The molecule has 2 rings (SSSR count). The molecule has 2 aromatic carbocycles. The van der Waals surface area contributed by atoms with Crippen molar-refractivity contribution in [2.45, 2.75) is 13.8 Å². The van der Waals surface area contributed by atoms with Crippen molar-refractivity contribution >= 4 is 23.6 Å². The van der Waals surface area contributed by atoms with E-state index in [1.54, 1.807) is 30.3 Å². The smallest absolute Gasteiger partial charge is 0.266 e. The van der Waals surface area contributed by atoms with Crippen molar-refractivity contribution in [2.24, 2.45) is 0 Å². The Bertz CT molecular complexity index is 880. The molecule has 2 N–H and O–H groups in total. The lowest BCUT2D eigenvalue weighted by Crippen LogP contribution is -2.28.